The van der Waals surface area contributed by atoms with Crippen LogP contribution in [0.5, 0.6) is 0 Å². The van der Waals surface area contributed by atoms with Gasteiger partial charge >= 0.3 is 12.1 Å². The molecule has 23 heavy (non-hydrogen) atoms. The zero-order chi connectivity index (χ0) is 17.3. The fourth-order valence-corrected chi connectivity index (χ4v) is 3.44. The molecular weight excluding hydrogens is 313 g/mol. The van der Waals surface area contributed by atoms with Crippen LogP contribution in [0.3, 0.4) is 0 Å². The van der Waals surface area contributed by atoms with Gasteiger partial charge in [-0.15, -0.1) is 0 Å². The maximum absolute atomic E-state index is 12.5. The van der Waals surface area contributed by atoms with Gasteiger partial charge in [-0.1, -0.05) is 6.92 Å². The molecule has 2 rings (SSSR count). The van der Waals surface area contributed by atoms with Crippen molar-refractivity contribution in [1.82, 2.24) is 10.2 Å². The van der Waals surface area contributed by atoms with Crippen LogP contribution >= 0.6 is 0 Å². The highest BCUT2D eigenvalue weighted by Crippen LogP contribution is 2.34. The highest BCUT2D eigenvalue weighted by Gasteiger charge is 2.47. The van der Waals surface area contributed by atoms with Gasteiger partial charge in [0.05, 0.1) is 13.2 Å². The monoisotopic (exact) mass is 336 g/mol. The van der Waals surface area contributed by atoms with Crippen LogP contribution in [0.25, 0.3) is 0 Å². The number of carbonyl (C=O) groups is 2. The summed E-state index contributed by atoms with van der Waals surface area (Å²) in [6.07, 6.45) is -1.45. The summed E-state index contributed by atoms with van der Waals surface area (Å²) in [5, 5.41) is 3.03. The Morgan fingerprint density at radius 1 is 1.35 bits per heavy atom. The van der Waals surface area contributed by atoms with E-state index in [1.54, 1.807) is 0 Å². The molecular formula is C15H23F3N2O3. The van der Waals surface area contributed by atoms with Gasteiger partial charge in [-0.2, -0.15) is 13.2 Å². The number of methoxy groups -OCH3 is 1. The number of hydrogen-bond acceptors (Lipinski definition) is 4. The molecule has 1 unspecified atom stereocenters. The molecule has 1 saturated heterocycles. The molecule has 0 spiro atoms. The number of nitrogens with zero attached hydrogens (tertiary/aromatic N) is 1. The molecule has 0 aromatic heterocycles. The highest BCUT2D eigenvalue weighted by atomic mass is 19.4. The van der Waals surface area contributed by atoms with E-state index in [1.807, 2.05) is 0 Å². The predicted octanol–water partition coefficient (Wildman–Crippen LogP) is 1.86. The van der Waals surface area contributed by atoms with Crippen LogP contribution in [0.1, 0.15) is 39.0 Å². The van der Waals surface area contributed by atoms with E-state index in [4.69, 9.17) is 4.74 Å². The van der Waals surface area contributed by atoms with Gasteiger partial charge in [0.15, 0.2) is 0 Å². The lowest BCUT2D eigenvalue weighted by molar-refractivity contribution is -0.159. The molecule has 0 aromatic rings. The van der Waals surface area contributed by atoms with E-state index in [9.17, 15) is 22.8 Å². The summed E-state index contributed by atoms with van der Waals surface area (Å²) < 4.78 is 42.3. The lowest BCUT2D eigenvalue weighted by atomic mass is 9.76. The summed E-state index contributed by atoms with van der Waals surface area (Å²) in [5.41, 5.74) is -0.962. The first-order chi connectivity index (χ1) is 10.7. The Morgan fingerprint density at radius 3 is 2.48 bits per heavy atom. The molecule has 1 N–H and O–H groups in total. The third kappa shape index (κ3) is 4.16. The first-order valence-corrected chi connectivity index (χ1v) is 7.88. The van der Waals surface area contributed by atoms with Gasteiger partial charge in [-0.3, -0.25) is 14.9 Å². The Labute approximate surface area is 133 Å². The summed E-state index contributed by atoms with van der Waals surface area (Å²) >= 11 is 0. The van der Waals surface area contributed by atoms with E-state index in [1.165, 1.54) is 7.11 Å². The number of halogens is 3. The normalized spacial score (nSPS) is 32.2. The SMILES string of the molecule is COC(=O)C1(NC2CCN(CC(F)(F)F)C2=O)CCC(C)CC1. The van der Waals surface area contributed by atoms with Crippen molar-refractivity contribution in [1.29, 1.82) is 0 Å². The molecule has 1 atom stereocenters. The fraction of sp³-hybridized carbons (Fsp3) is 0.867. The Morgan fingerprint density at radius 2 is 1.96 bits per heavy atom. The van der Waals surface area contributed by atoms with Crippen LogP contribution in [0.4, 0.5) is 13.2 Å². The number of ether oxygens (including phenoxy) is 1. The average Bonchev–Trinajstić information content (AvgIpc) is 2.80. The molecule has 1 aliphatic carbocycles. The van der Waals surface area contributed by atoms with Crippen molar-refractivity contribution in [3.8, 4) is 0 Å². The number of hydrogen-bond donors (Lipinski definition) is 1. The summed E-state index contributed by atoms with van der Waals surface area (Å²) in [7, 11) is 1.29. The van der Waals surface area contributed by atoms with Gasteiger partial charge in [0.1, 0.15) is 12.1 Å². The van der Waals surface area contributed by atoms with Crippen molar-refractivity contribution in [3.63, 3.8) is 0 Å². The summed E-state index contributed by atoms with van der Waals surface area (Å²) in [6, 6.07) is -0.759. The number of rotatable bonds is 4. The highest BCUT2D eigenvalue weighted by molar-refractivity contribution is 5.86. The third-order valence-corrected chi connectivity index (χ3v) is 4.82. The summed E-state index contributed by atoms with van der Waals surface area (Å²) in [6.45, 7) is 0.892. The topological polar surface area (TPSA) is 58.6 Å². The Kier molecular flexibility index (Phi) is 5.23. The van der Waals surface area contributed by atoms with Gasteiger partial charge in [0.2, 0.25) is 5.91 Å². The molecule has 0 radical (unpaired) electrons. The lowest BCUT2D eigenvalue weighted by Gasteiger charge is -2.39. The van der Waals surface area contributed by atoms with Crippen LogP contribution in [0.15, 0.2) is 0 Å². The maximum atomic E-state index is 12.5. The minimum atomic E-state index is -4.41. The minimum Gasteiger partial charge on any atom is -0.468 e. The fourth-order valence-electron chi connectivity index (χ4n) is 3.44. The molecule has 2 aliphatic rings. The first kappa shape index (κ1) is 18.0. The van der Waals surface area contributed by atoms with Crippen molar-refractivity contribution in [2.24, 2.45) is 5.92 Å². The lowest BCUT2D eigenvalue weighted by Crippen LogP contribution is -2.59. The molecule has 1 aliphatic heterocycles. The molecule has 5 nitrogen and oxygen atoms in total. The van der Waals surface area contributed by atoms with E-state index in [-0.39, 0.29) is 13.0 Å². The van der Waals surface area contributed by atoms with Gasteiger partial charge in [0, 0.05) is 6.54 Å². The zero-order valence-electron chi connectivity index (χ0n) is 13.4. The largest absolute Gasteiger partial charge is 0.468 e. The second kappa shape index (κ2) is 6.67. The number of nitrogens with one attached hydrogen (secondary N) is 1. The van der Waals surface area contributed by atoms with Crippen LogP contribution in [-0.2, 0) is 14.3 Å². The summed E-state index contributed by atoms with van der Waals surface area (Å²) in [4.78, 5) is 25.2. The predicted molar refractivity (Wildman–Crippen MR) is 76.6 cm³/mol. The van der Waals surface area contributed by atoms with Crippen LogP contribution in [0, 0.1) is 5.92 Å². The molecule has 0 bridgehead atoms. The van der Waals surface area contributed by atoms with E-state index >= 15 is 0 Å². The van der Waals surface area contributed by atoms with Crippen LogP contribution < -0.4 is 5.32 Å². The molecule has 1 saturated carbocycles. The Balaban J connectivity index is 2.06. The minimum absolute atomic E-state index is 0.0453. The number of likely N-dealkylation sites (tertiary alicyclic amines) is 1. The van der Waals surface area contributed by atoms with Crippen molar-refractivity contribution < 1.29 is 27.5 Å². The van der Waals surface area contributed by atoms with E-state index < -0.39 is 36.2 Å². The number of alkyl halides is 3. The van der Waals surface area contributed by atoms with Gasteiger partial charge < -0.3 is 9.64 Å². The molecule has 1 heterocycles. The molecule has 2 fully saturated rings. The van der Waals surface area contributed by atoms with Crippen LogP contribution in [-0.4, -0.2) is 54.7 Å². The van der Waals surface area contributed by atoms with Crippen molar-refractivity contribution in [2.45, 2.75) is 56.8 Å². The summed E-state index contributed by atoms with van der Waals surface area (Å²) in [5.74, 6) is -0.550. The van der Waals surface area contributed by atoms with Crippen LogP contribution in [0.2, 0.25) is 0 Å². The standard InChI is InChI=1S/C15H23F3N2O3/c1-10-3-6-14(7-4-10,13(22)23-2)19-11-5-8-20(12(11)21)9-15(16,17)18/h10-11,19H,3-9H2,1-2H3. The molecule has 0 aromatic carbocycles. The second-order valence-corrected chi connectivity index (χ2v) is 6.62. The van der Waals surface area contributed by atoms with Gasteiger partial charge in [-0.25, -0.2) is 0 Å². The van der Waals surface area contributed by atoms with Crippen molar-refractivity contribution in [3.05, 3.63) is 0 Å². The molecule has 1 amide bonds. The average molecular weight is 336 g/mol. The zero-order valence-corrected chi connectivity index (χ0v) is 13.4. The number of carbonyl (C=O) groups excluding carboxylic acids is 2. The van der Waals surface area contributed by atoms with E-state index in [0.29, 0.717) is 18.8 Å². The van der Waals surface area contributed by atoms with E-state index in [0.717, 1.165) is 17.7 Å². The number of amides is 1. The Bertz CT molecular complexity index is 459. The smallest absolute Gasteiger partial charge is 0.406 e. The van der Waals surface area contributed by atoms with E-state index in [2.05, 4.69) is 12.2 Å². The molecule has 132 valence electrons. The van der Waals surface area contributed by atoms with Gasteiger partial charge in [0.25, 0.3) is 0 Å². The number of esters is 1. The van der Waals surface area contributed by atoms with Gasteiger partial charge in [-0.05, 0) is 38.0 Å². The maximum Gasteiger partial charge on any atom is 0.406 e. The quantitative estimate of drug-likeness (QED) is 0.796. The third-order valence-electron chi connectivity index (χ3n) is 4.82. The van der Waals surface area contributed by atoms with Crippen molar-refractivity contribution >= 4 is 11.9 Å². The molecule has 8 heteroatoms. The first-order valence-electron chi connectivity index (χ1n) is 7.88. The second-order valence-electron chi connectivity index (χ2n) is 6.62. The van der Waals surface area contributed by atoms with Crippen molar-refractivity contribution in [2.75, 3.05) is 20.2 Å². The Hall–Kier alpha value is -1.31.